The van der Waals surface area contributed by atoms with Crippen molar-refractivity contribution in [3.8, 4) is 0 Å². The third-order valence-electron chi connectivity index (χ3n) is 3.24. The first-order valence-corrected chi connectivity index (χ1v) is 4.92. The molecule has 0 aromatic heterocycles. The van der Waals surface area contributed by atoms with Gasteiger partial charge in [-0.2, -0.15) is 0 Å². The van der Waals surface area contributed by atoms with Gasteiger partial charge in [-0.1, -0.05) is 0 Å². The average molecular weight is 197 g/mol. The Morgan fingerprint density at radius 3 is 2.64 bits per heavy atom. The van der Waals surface area contributed by atoms with E-state index in [-0.39, 0.29) is 17.8 Å². The second-order valence-electron chi connectivity index (χ2n) is 4.04. The van der Waals surface area contributed by atoms with E-state index in [2.05, 4.69) is 5.32 Å². The van der Waals surface area contributed by atoms with E-state index < -0.39 is 5.54 Å². The second kappa shape index (κ2) is 3.28. The minimum absolute atomic E-state index is 0.182. The summed E-state index contributed by atoms with van der Waals surface area (Å²) in [5, 5.41) is 12.5. The molecular formula is C10H15NO3. The van der Waals surface area contributed by atoms with Crippen LogP contribution < -0.4 is 5.32 Å². The summed E-state index contributed by atoms with van der Waals surface area (Å²) in [5.41, 5.74) is -0.480. The van der Waals surface area contributed by atoms with Crippen molar-refractivity contribution in [2.45, 2.75) is 37.3 Å². The lowest BCUT2D eigenvalue weighted by Gasteiger charge is -2.36. The number of methoxy groups -OCH3 is 1. The Kier molecular flexibility index (Phi) is 2.23. The number of aliphatic hydroxyl groups excluding tert-OH is 1. The standard InChI is InChI=1S/C10H15NO3/c1-14-7-2-4-10(5-3-7)8(12)6-9(13)11-10/h6-7,12H,2-5H2,1H3,(H,11,13). The number of ether oxygens (including phenoxy) is 1. The van der Waals surface area contributed by atoms with Gasteiger partial charge in [-0.25, -0.2) is 0 Å². The summed E-state index contributed by atoms with van der Waals surface area (Å²) in [7, 11) is 1.70. The summed E-state index contributed by atoms with van der Waals surface area (Å²) in [6, 6.07) is 0. The van der Waals surface area contributed by atoms with Gasteiger partial charge in [0.2, 0.25) is 5.91 Å². The number of aliphatic hydroxyl groups is 1. The maximum Gasteiger partial charge on any atom is 0.248 e. The Bertz CT molecular complexity index is 277. The zero-order valence-electron chi connectivity index (χ0n) is 8.25. The van der Waals surface area contributed by atoms with Gasteiger partial charge in [0.15, 0.2) is 0 Å². The van der Waals surface area contributed by atoms with Crippen LogP contribution in [0.2, 0.25) is 0 Å². The molecule has 78 valence electrons. The molecule has 1 heterocycles. The quantitative estimate of drug-likeness (QED) is 0.656. The van der Waals surface area contributed by atoms with Gasteiger partial charge in [0, 0.05) is 13.2 Å². The molecule has 0 atom stereocenters. The lowest BCUT2D eigenvalue weighted by atomic mass is 9.80. The van der Waals surface area contributed by atoms with E-state index in [9.17, 15) is 9.90 Å². The van der Waals surface area contributed by atoms with Gasteiger partial charge in [-0.3, -0.25) is 4.79 Å². The van der Waals surface area contributed by atoms with E-state index in [1.807, 2.05) is 0 Å². The van der Waals surface area contributed by atoms with Crippen molar-refractivity contribution < 1.29 is 14.6 Å². The van der Waals surface area contributed by atoms with Crippen LogP contribution in [0.25, 0.3) is 0 Å². The highest BCUT2D eigenvalue weighted by molar-refractivity contribution is 5.92. The largest absolute Gasteiger partial charge is 0.510 e. The van der Waals surface area contributed by atoms with Crippen LogP contribution in [0.1, 0.15) is 25.7 Å². The number of amides is 1. The van der Waals surface area contributed by atoms with Crippen LogP contribution in [0.15, 0.2) is 11.8 Å². The second-order valence-corrected chi connectivity index (χ2v) is 4.04. The van der Waals surface area contributed by atoms with Crippen LogP contribution in [-0.4, -0.2) is 29.8 Å². The van der Waals surface area contributed by atoms with Crippen molar-refractivity contribution in [1.29, 1.82) is 0 Å². The predicted octanol–water partition coefficient (Wildman–Crippen LogP) is 0.886. The Hall–Kier alpha value is -1.03. The molecule has 1 saturated carbocycles. The number of rotatable bonds is 1. The first-order chi connectivity index (χ1) is 6.66. The summed E-state index contributed by atoms with van der Waals surface area (Å²) < 4.78 is 5.24. The van der Waals surface area contributed by atoms with Crippen LogP contribution in [-0.2, 0) is 9.53 Å². The normalized spacial score (nSPS) is 37.1. The topological polar surface area (TPSA) is 58.6 Å². The minimum atomic E-state index is -0.480. The van der Waals surface area contributed by atoms with E-state index in [1.54, 1.807) is 7.11 Å². The molecule has 4 heteroatoms. The molecule has 0 aromatic rings. The molecule has 0 saturated heterocycles. The Morgan fingerprint density at radius 1 is 1.57 bits per heavy atom. The summed E-state index contributed by atoms with van der Waals surface area (Å²) in [6.07, 6.45) is 4.85. The lowest BCUT2D eigenvalue weighted by Crippen LogP contribution is -2.48. The molecule has 14 heavy (non-hydrogen) atoms. The highest BCUT2D eigenvalue weighted by atomic mass is 16.5. The fraction of sp³-hybridized carbons (Fsp3) is 0.700. The van der Waals surface area contributed by atoms with Crippen molar-refractivity contribution >= 4 is 5.91 Å². The molecule has 1 fully saturated rings. The van der Waals surface area contributed by atoms with Crippen molar-refractivity contribution in [3.63, 3.8) is 0 Å². The van der Waals surface area contributed by atoms with E-state index in [0.717, 1.165) is 25.7 Å². The van der Waals surface area contributed by atoms with Gasteiger partial charge in [0.1, 0.15) is 5.76 Å². The smallest absolute Gasteiger partial charge is 0.248 e. The molecule has 0 bridgehead atoms. The third kappa shape index (κ3) is 1.39. The Labute approximate surface area is 82.9 Å². The molecular weight excluding hydrogens is 182 g/mol. The van der Waals surface area contributed by atoms with E-state index in [1.165, 1.54) is 6.08 Å². The fourth-order valence-corrected chi connectivity index (χ4v) is 2.30. The molecule has 2 aliphatic rings. The number of carbonyl (C=O) groups excluding carboxylic acids is 1. The van der Waals surface area contributed by atoms with Gasteiger partial charge in [-0.15, -0.1) is 0 Å². The van der Waals surface area contributed by atoms with Crippen LogP contribution in [0.4, 0.5) is 0 Å². The highest BCUT2D eigenvalue weighted by Gasteiger charge is 2.43. The Balaban J connectivity index is 2.07. The summed E-state index contributed by atoms with van der Waals surface area (Å²) >= 11 is 0. The lowest BCUT2D eigenvalue weighted by molar-refractivity contribution is -0.117. The number of hydrogen-bond acceptors (Lipinski definition) is 3. The minimum Gasteiger partial charge on any atom is -0.510 e. The fourth-order valence-electron chi connectivity index (χ4n) is 2.30. The van der Waals surface area contributed by atoms with Gasteiger partial charge in [0.25, 0.3) is 0 Å². The maximum atomic E-state index is 11.1. The molecule has 1 aliphatic heterocycles. The van der Waals surface area contributed by atoms with Crippen molar-refractivity contribution in [2.75, 3.05) is 7.11 Å². The summed E-state index contributed by atoms with van der Waals surface area (Å²) in [4.78, 5) is 11.1. The SMILES string of the molecule is COC1CCC2(CC1)NC(=O)C=C2O. The van der Waals surface area contributed by atoms with Crippen LogP contribution in [0.5, 0.6) is 0 Å². The third-order valence-corrected chi connectivity index (χ3v) is 3.24. The predicted molar refractivity (Wildman–Crippen MR) is 50.9 cm³/mol. The number of carbonyl (C=O) groups is 1. The Morgan fingerprint density at radius 2 is 2.21 bits per heavy atom. The van der Waals surface area contributed by atoms with Crippen LogP contribution in [0, 0.1) is 0 Å². The van der Waals surface area contributed by atoms with Crippen molar-refractivity contribution in [1.82, 2.24) is 5.32 Å². The first kappa shape index (κ1) is 9.52. The highest BCUT2D eigenvalue weighted by Crippen LogP contribution is 2.36. The molecule has 0 radical (unpaired) electrons. The molecule has 1 aliphatic carbocycles. The first-order valence-electron chi connectivity index (χ1n) is 4.92. The van der Waals surface area contributed by atoms with Crippen molar-refractivity contribution in [2.24, 2.45) is 0 Å². The molecule has 1 amide bonds. The van der Waals surface area contributed by atoms with Gasteiger partial charge in [0.05, 0.1) is 11.6 Å². The van der Waals surface area contributed by atoms with Gasteiger partial charge >= 0.3 is 0 Å². The van der Waals surface area contributed by atoms with Crippen LogP contribution >= 0.6 is 0 Å². The van der Waals surface area contributed by atoms with Gasteiger partial charge < -0.3 is 15.2 Å². The summed E-state index contributed by atoms with van der Waals surface area (Å²) in [6.45, 7) is 0. The molecule has 2 N–H and O–H groups in total. The van der Waals surface area contributed by atoms with Gasteiger partial charge in [-0.05, 0) is 25.7 Å². The number of hydrogen-bond donors (Lipinski definition) is 2. The van der Waals surface area contributed by atoms with Crippen LogP contribution in [0.3, 0.4) is 0 Å². The molecule has 1 spiro atoms. The number of nitrogens with one attached hydrogen (secondary N) is 1. The maximum absolute atomic E-state index is 11.1. The summed E-state index contributed by atoms with van der Waals surface area (Å²) in [5.74, 6) is 0.00965. The van der Waals surface area contributed by atoms with E-state index in [4.69, 9.17) is 4.74 Å². The van der Waals surface area contributed by atoms with Crippen molar-refractivity contribution in [3.05, 3.63) is 11.8 Å². The molecule has 0 unspecified atom stereocenters. The average Bonchev–Trinajstić information content (AvgIpc) is 2.43. The molecule has 0 aromatic carbocycles. The molecule has 2 rings (SSSR count). The van der Waals surface area contributed by atoms with E-state index in [0.29, 0.717) is 0 Å². The zero-order valence-corrected chi connectivity index (χ0v) is 8.25. The zero-order chi connectivity index (χ0) is 10.2. The van der Waals surface area contributed by atoms with E-state index >= 15 is 0 Å². The monoisotopic (exact) mass is 197 g/mol. The molecule has 4 nitrogen and oxygen atoms in total.